The fourth-order valence-corrected chi connectivity index (χ4v) is 3.69. The van der Waals surface area contributed by atoms with Crippen molar-refractivity contribution in [1.82, 2.24) is 10.2 Å². The molecular formula is C13H19N3O2S. The summed E-state index contributed by atoms with van der Waals surface area (Å²) in [5, 5.41) is 12.8. The number of carbonyl (C=O) groups excluding carboxylic acids is 1. The van der Waals surface area contributed by atoms with E-state index in [9.17, 15) is 4.79 Å². The van der Waals surface area contributed by atoms with E-state index in [2.05, 4.69) is 15.5 Å². The van der Waals surface area contributed by atoms with Crippen molar-refractivity contribution in [3.8, 4) is 0 Å². The van der Waals surface area contributed by atoms with Gasteiger partial charge in [-0.2, -0.15) is 0 Å². The molecule has 104 valence electrons. The zero-order valence-electron chi connectivity index (χ0n) is 10.9. The number of hydrogen-bond acceptors (Lipinski definition) is 5. The van der Waals surface area contributed by atoms with Crippen molar-refractivity contribution in [3.63, 3.8) is 0 Å². The Bertz CT molecular complexity index is 437. The van der Waals surface area contributed by atoms with Gasteiger partial charge < -0.3 is 4.74 Å². The average Bonchev–Trinajstić information content (AvgIpc) is 3.11. The van der Waals surface area contributed by atoms with Gasteiger partial charge in [0.15, 0.2) is 0 Å². The first kappa shape index (κ1) is 13.0. The van der Waals surface area contributed by atoms with Crippen LogP contribution in [0.2, 0.25) is 0 Å². The molecule has 0 aromatic carbocycles. The van der Waals surface area contributed by atoms with Crippen LogP contribution in [-0.2, 0) is 9.53 Å². The van der Waals surface area contributed by atoms with Gasteiger partial charge in [-0.3, -0.25) is 10.1 Å². The molecule has 5 nitrogen and oxygen atoms in total. The lowest BCUT2D eigenvalue weighted by atomic mass is 9.90. The number of hydrogen-bond donors (Lipinski definition) is 1. The number of amides is 1. The number of rotatable bonds is 3. The van der Waals surface area contributed by atoms with Crippen LogP contribution in [0.3, 0.4) is 0 Å². The first-order valence-electron chi connectivity index (χ1n) is 7.09. The van der Waals surface area contributed by atoms with Gasteiger partial charge in [-0.05, 0) is 25.7 Å². The van der Waals surface area contributed by atoms with Gasteiger partial charge in [-0.1, -0.05) is 30.6 Å². The quantitative estimate of drug-likeness (QED) is 0.925. The Balaban J connectivity index is 1.59. The van der Waals surface area contributed by atoms with Crippen molar-refractivity contribution >= 4 is 22.4 Å². The van der Waals surface area contributed by atoms with Crippen LogP contribution in [0, 0.1) is 0 Å². The maximum Gasteiger partial charge on any atom is 0.255 e. The second-order valence-corrected chi connectivity index (χ2v) is 6.28. The zero-order valence-corrected chi connectivity index (χ0v) is 11.7. The van der Waals surface area contributed by atoms with Gasteiger partial charge in [0.2, 0.25) is 5.13 Å². The van der Waals surface area contributed by atoms with Gasteiger partial charge >= 0.3 is 0 Å². The molecule has 1 aliphatic heterocycles. The van der Waals surface area contributed by atoms with Gasteiger partial charge in [-0.15, -0.1) is 10.2 Å². The molecule has 0 spiro atoms. The van der Waals surface area contributed by atoms with Crippen LogP contribution in [0.4, 0.5) is 5.13 Å². The number of nitrogens with zero attached hydrogens (tertiary/aromatic N) is 2. The highest BCUT2D eigenvalue weighted by Crippen LogP contribution is 2.35. The van der Waals surface area contributed by atoms with Crippen LogP contribution in [0.15, 0.2) is 0 Å². The normalized spacial score (nSPS) is 24.5. The SMILES string of the molecule is O=C(Nc1nnc(C2CCCCC2)s1)[C@H]1CCCO1. The lowest BCUT2D eigenvalue weighted by molar-refractivity contribution is -0.124. The van der Waals surface area contributed by atoms with E-state index in [4.69, 9.17) is 4.74 Å². The minimum Gasteiger partial charge on any atom is -0.368 e. The average molecular weight is 281 g/mol. The van der Waals surface area contributed by atoms with Crippen LogP contribution < -0.4 is 5.32 Å². The summed E-state index contributed by atoms with van der Waals surface area (Å²) in [5.41, 5.74) is 0. The second kappa shape index (κ2) is 5.96. The molecule has 0 radical (unpaired) electrons. The van der Waals surface area contributed by atoms with Crippen LogP contribution in [0.5, 0.6) is 0 Å². The summed E-state index contributed by atoms with van der Waals surface area (Å²) in [6, 6.07) is 0. The summed E-state index contributed by atoms with van der Waals surface area (Å²) in [6.45, 7) is 0.682. The van der Waals surface area contributed by atoms with Crippen molar-refractivity contribution in [3.05, 3.63) is 5.01 Å². The number of carbonyl (C=O) groups is 1. The summed E-state index contributed by atoms with van der Waals surface area (Å²) >= 11 is 1.52. The number of anilines is 1. The summed E-state index contributed by atoms with van der Waals surface area (Å²) in [6.07, 6.45) is 7.76. The molecule has 0 unspecified atom stereocenters. The van der Waals surface area contributed by atoms with E-state index in [0.717, 1.165) is 17.8 Å². The van der Waals surface area contributed by atoms with E-state index in [-0.39, 0.29) is 12.0 Å². The highest BCUT2D eigenvalue weighted by Gasteiger charge is 2.25. The van der Waals surface area contributed by atoms with Gasteiger partial charge in [0, 0.05) is 12.5 Å². The predicted molar refractivity (Wildman–Crippen MR) is 73.3 cm³/mol. The van der Waals surface area contributed by atoms with Crippen molar-refractivity contribution in [1.29, 1.82) is 0 Å². The first-order valence-corrected chi connectivity index (χ1v) is 7.90. The second-order valence-electron chi connectivity index (χ2n) is 5.27. The van der Waals surface area contributed by atoms with E-state index >= 15 is 0 Å². The molecule has 2 heterocycles. The van der Waals surface area contributed by atoms with Crippen molar-refractivity contribution in [2.45, 2.75) is 57.0 Å². The van der Waals surface area contributed by atoms with Gasteiger partial charge in [0.1, 0.15) is 11.1 Å². The number of nitrogens with one attached hydrogen (secondary N) is 1. The smallest absolute Gasteiger partial charge is 0.255 e. The van der Waals surface area contributed by atoms with Gasteiger partial charge in [0.05, 0.1) is 0 Å². The molecule has 19 heavy (non-hydrogen) atoms. The van der Waals surface area contributed by atoms with E-state index in [1.807, 2.05) is 0 Å². The summed E-state index contributed by atoms with van der Waals surface area (Å²) in [4.78, 5) is 11.9. The molecule has 1 amide bonds. The summed E-state index contributed by atoms with van der Waals surface area (Å²) < 4.78 is 5.35. The highest BCUT2D eigenvalue weighted by molar-refractivity contribution is 7.15. The van der Waals surface area contributed by atoms with E-state index in [1.54, 1.807) is 0 Å². The number of ether oxygens (including phenoxy) is 1. The Morgan fingerprint density at radius 3 is 2.74 bits per heavy atom. The molecule has 1 aliphatic carbocycles. The molecule has 3 rings (SSSR count). The Kier molecular flexibility index (Phi) is 4.08. The van der Waals surface area contributed by atoms with Crippen LogP contribution in [-0.4, -0.2) is 28.8 Å². The molecule has 2 aliphatic rings. The van der Waals surface area contributed by atoms with Crippen LogP contribution >= 0.6 is 11.3 Å². The Morgan fingerprint density at radius 1 is 1.16 bits per heavy atom. The molecule has 1 N–H and O–H groups in total. The van der Waals surface area contributed by atoms with Crippen molar-refractivity contribution in [2.24, 2.45) is 0 Å². The third-order valence-electron chi connectivity index (χ3n) is 3.85. The number of aromatic nitrogens is 2. The minimum absolute atomic E-state index is 0.0798. The largest absolute Gasteiger partial charge is 0.368 e. The third-order valence-corrected chi connectivity index (χ3v) is 4.85. The monoisotopic (exact) mass is 281 g/mol. The fraction of sp³-hybridized carbons (Fsp3) is 0.769. The highest BCUT2D eigenvalue weighted by atomic mass is 32.1. The predicted octanol–water partition coefficient (Wildman–Crippen LogP) is 2.70. The molecule has 0 bridgehead atoms. The van der Waals surface area contributed by atoms with Crippen molar-refractivity contribution in [2.75, 3.05) is 11.9 Å². The maximum atomic E-state index is 11.9. The lowest BCUT2D eigenvalue weighted by Gasteiger charge is -2.18. The van der Waals surface area contributed by atoms with Crippen LogP contribution in [0.1, 0.15) is 55.9 Å². The minimum atomic E-state index is -0.304. The summed E-state index contributed by atoms with van der Waals surface area (Å²) in [5.74, 6) is 0.462. The molecule has 1 atom stereocenters. The molecule has 6 heteroatoms. The Morgan fingerprint density at radius 2 is 2.00 bits per heavy atom. The standard InChI is InChI=1S/C13H19N3O2S/c17-11(10-7-4-8-18-10)14-13-16-15-12(19-13)9-5-2-1-3-6-9/h9-10H,1-8H2,(H,14,16,17)/t10-/m1/s1. The van der Waals surface area contributed by atoms with Crippen LogP contribution in [0.25, 0.3) is 0 Å². The first-order chi connectivity index (χ1) is 9.33. The third kappa shape index (κ3) is 3.12. The zero-order chi connectivity index (χ0) is 13.1. The lowest BCUT2D eigenvalue weighted by Crippen LogP contribution is -2.26. The maximum absolute atomic E-state index is 11.9. The molecule has 1 aromatic heterocycles. The molecule has 1 saturated heterocycles. The topological polar surface area (TPSA) is 64.1 Å². The van der Waals surface area contributed by atoms with Gasteiger partial charge in [-0.25, -0.2) is 0 Å². The molecule has 1 aromatic rings. The van der Waals surface area contributed by atoms with E-state index in [0.29, 0.717) is 17.7 Å². The van der Waals surface area contributed by atoms with E-state index in [1.165, 1.54) is 43.4 Å². The Hall–Kier alpha value is -1.01. The Labute approximate surface area is 116 Å². The van der Waals surface area contributed by atoms with E-state index < -0.39 is 0 Å². The molecular weight excluding hydrogens is 262 g/mol. The van der Waals surface area contributed by atoms with Gasteiger partial charge in [0.25, 0.3) is 5.91 Å². The molecule has 2 fully saturated rings. The summed E-state index contributed by atoms with van der Waals surface area (Å²) in [7, 11) is 0. The fourth-order valence-electron chi connectivity index (χ4n) is 2.77. The van der Waals surface area contributed by atoms with Crippen molar-refractivity contribution < 1.29 is 9.53 Å². The molecule has 1 saturated carbocycles.